The molecular formula is C11H24O4. The summed E-state index contributed by atoms with van der Waals surface area (Å²) in [5.41, 5.74) is -0.306. The molecule has 2 rings (SSSR count). The van der Waals surface area contributed by atoms with Crippen molar-refractivity contribution in [1.82, 2.24) is 0 Å². The molecule has 0 saturated carbocycles. The first-order valence-electron chi connectivity index (χ1n) is 5.49. The summed E-state index contributed by atoms with van der Waals surface area (Å²) >= 11 is 0. The predicted molar refractivity (Wildman–Crippen MR) is 58.8 cm³/mol. The zero-order chi connectivity index (χ0) is 11.6. The van der Waals surface area contributed by atoms with Crippen molar-refractivity contribution in [3.8, 4) is 0 Å². The average Bonchev–Trinajstić information content (AvgIpc) is 1.98. The van der Waals surface area contributed by atoms with Crippen LogP contribution < -0.4 is 0 Å². The molecule has 4 heteroatoms. The topological polar surface area (TPSA) is 58.9 Å². The van der Waals surface area contributed by atoms with Crippen LogP contribution in [0.3, 0.4) is 0 Å². The Balaban J connectivity index is 0.000000207. The van der Waals surface area contributed by atoms with Crippen molar-refractivity contribution in [2.75, 3.05) is 39.6 Å². The van der Waals surface area contributed by atoms with Crippen molar-refractivity contribution >= 4 is 0 Å². The molecule has 0 aromatic carbocycles. The van der Waals surface area contributed by atoms with Crippen LogP contribution in [0, 0.1) is 5.41 Å². The Labute approximate surface area is 92.2 Å². The highest BCUT2D eigenvalue weighted by Crippen LogP contribution is 2.10. The molecule has 0 radical (unpaired) electrons. The van der Waals surface area contributed by atoms with Gasteiger partial charge in [0.2, 0.25) is 0 Å². The van der Waals surface area contributed by atoms with Crippen LogP contribution in [0.15, 0.2) is 0 Å². The maximum atomic E-state index is 8.43. The van der Waals surface area contributed by atoms with E-state index in [0.717, 1.165) is 26.4 Å². The van der Waals surface area contributed by atoms with Gasteiger partial charge < -0.3 is 19.7 Å². The van der Waals surface area contributed by atoms with Crippen LogP contribution in [0.1, 0.15) is 26.7 Å². The van der Waals surface area contributed by atoms with Gasteiger partial charge >= 0.3 is 0 Å². The lowest BCUT2D eigenvalue weighted by Gasteiger charge is -2.16. The van der Waals surface area contributed by atoms with Crippen molar-refractivity contribution in [3.05, 3.63) is 0 Å². The van der Waals surface area contributed by atoms with E-state index in [2.05, 4.69) is 0 Å². The van der Waals surface area contributed by atoms with Gasteiger partial charge in [0, 0.05) is 31.8 Å². The second-order valence-corrected chi connectivity index (χ2v) is 4.41. The largest absolute Gasteiger partial charge is 0.396 e. The van der Waals surface area contributed by atoms with Crippen LogP contribution in [0.25, 0.3) is 0 Å². The molecule has 0 aromatic heterocycles. The second-order valence-electron chi connectivity index (χ2n) is 4.41. The number of aliphatic hydroxyl groups excluding tert-OH is 2. The third kappa shape index (κ3) is 10.1. The second kappa shape index (κ2) is 9.09. The Morgan fingerprint density at radius 2 is 1.07 bits per heavy atom. The zero-order valence-electron chi connectivity index (χ0n) is 9.87. The zero-order valence-corrected chi connectivity index (χ0v) is 9.87. The molecule has 15 heavy (non-hydrogen) atoms. The van der Waals surface area contributed by atoms with Gasteiger partial charge in [-0.2, -0.15) is 0 Å². The standard InChI is InChI=1S/C5H12O2.2C3H6O/c1-5(2,3-6)4-7;2*1-2-4-3-1/h6-7H,3-4H2,1-2H3;2*1-3H2. The normalized spacial score (nSPS) is 18.4. The number of ether oxygens (including phenoxy) is 2. The van der Waals surface area contributed by atoms with E-state index in [1.807, 2.05) is 0 Å². The van der Waals surface area contributed by atoms with E-state index in [4.69, 9.17) is 19.7 Å². The highest BCUT2D eigenvalue weighted by molar-refractivity contribution is 4.62. The summed E-state index contributed by atoms with van der Waals surface area (Å²) in [7, 11) is 0. The summed E-state index contributed by atoms with van der Waals surface area (Å²) in [5.74, 6) is 0. The number of aliphatic hydroxyl groups is 2. The van der Waals surface area contributed by atoms with Gasteiger partial charge in [-0.25, -0.2) is 0 Å². The summed E-state index contributed by atoms with van der Waals surface area (Å²) < 4.78 is 9.44. The molecule has 0 amide bonds. The van der Waals surface area contributed by atoms with Crippen LogP contribution in [-0.2, 0) is 9.47 Å². The first-order chi connectivity index (χ1) is 7.12. The lowest BCUT2D eigenvalue weighted by molar-refractivity contribution is 0.0366. The monoisotopic (exact) mass is 220 g/mol. The summed E-state index contributed by atoms with van der Waals surface area (Å²) in [4.78, 5) is 0. The number of rotatable bonds is 2. The maximum Gasteiger partial charge on any atom is 0.0504 e. The van der Waals surface area contributed by atoms with Crippen molar-refractivity contribution in [2.24, 2.45) is 5.41 Å². The number of hydrogen-bond donors (Lipinski definition) is 2. The Kier molecular flexibility index (Phi) is 9.00. The molecule has 0 spiro atoms. The van der Waals surface area contributed by atoms with Gasteiger partial charge in [-0.1, -0.05) is 13.8 Å². The highest BCUT2D eigenvalue weighted by Gasteiger charge is 2.13. The fourth-order valence-corrected chi connectivity index (χ4v) is 0.339. The molecule has 0 aliphatic carbocycles. The van der Waals surface area contributed by atoms with Crippen LogP contribution in [-0.4, -0.2) is 49.9 Å². The molecule has 2 aliphatic rings. The molecule has 0 aromatic rings. The predicted octanol–water partition coefficient (Wildman–Crippen LogP) is 0.811. The van der Waals surface area contributed by atoms with Crippen molar-refractivity contribution in [1.29, 1.82) is 0 Å². The van der Waals surface area contributed by atoms with E-state index in [9.17, 15) is 0 Å². The molecule has 2 fully saturated rings. The molecule has 0 bridgehead atoms. The van der Waals surface area contributed by atoms with Gasteiger partial charge in [-0.3, -0.25) is 0 Å². The summed E-state index contributed by atoms with van der Waals surface area (Å²) in [6.45, 7) is 7.69. The highest BCUT2D eigenvalue weighted by atomic mass is 16.5. The molecule has 2 heterocycles. The fraction of sp³-hybridized carbons (Fsp3) is 1.00. The smallest absolute Gasteiger partial charge is 0.0504 e. The third-order valence-corrected chi connectivity index (χ3v) is 2.01. The minimum atomic E-state index is -0.306. The molecular weight excluding hydrogens is 196 g/mol. The lowest BCUT2D eigenvalue weighted by Crippen LogP contribution is -2.20. The Morgan fingerprint density at radius 3 is 1.07 bits per heavy atom. The van der Waals surface area contributed by atoms with Crippen LogP contribution in [0.2, 0.25) is 0 Å². The van der Waals surface area contributed by atoms with E-state index in [-0.39, 0.29) is 18.6 Å². The summed E-state index contributed by atoms with van der Waals surface area (Å²) in [5, 5.41) is 16.9. The van der Waals surface area contributed by atoms with Crippen molar-refractivity contribution in [2.45, 2.75) is 26.7 Å². The van der Waals surface area contributed by atoms with Crippen LogP contribution in [0.5, 0.6) is 0 Å². The SMILES string of the molecule is C1COC1.C1COC1.CC(C)(CO)CO. The quantitative estimate of drug-likeness (QED) is 0.723. The minimum absolute atomic E-state index is 0.0451. The van der Waals surface area contributed by atoms with Crippen LogP contribution in [0.4, 0.5) is 0 Å². The van der Waals surface area contributed by atoms with Gasteiger partial charge in [-0.05, 0) is 12.8 Å². The minimum Gasteiger partial charge on any atom is -0.396 e. The molecule has 4 nitrogen and oxygen atoms in total. The number of hydrogen-bond acceptors (Lipinski definition) is 4. The van der Waals surface area contributed by atoms with E-state index < -0.39 is 0 Å². The van der Waals surface area contributed by atoms with Crippen molar-refractivity contribution < 1.29 is 19.7 Å². The van der Waals surface area contributed by atoms with Crippen LogP contribution >= 0.6 is 0 Å². The van der Waals surface area contributed by atoms with E-state index >= 15 is 0 Å². The average molecular weight is 220 g/mol. The first-order valence-corrected chi connectivity index (χ1v) is 5.49. The van der Waals surface area contributed by atoms with E-state index in [1.54, 1.807) is 13.8 Å². The maximum absolute atomic E-state index is 8.43. The molecule has 0 unspecified atom stereocenters. The summed E-state index contributed by atoms with van der Waals surface area (Å²) in [6, 6.07) is 0. The Hall–Kier alpha value is -0.160. The van der Waals surface area contributed by atoms with Gasteiger partial charge in [-0.15, -0.1) is 0 Å². The molecule has 92 valence electrons. The van der Waals surface area contributed by atoms with E-state index in [1.165, 1.54) is 12.8 Å². The lowest BCUT2D eigenvalue weighted by atomic mass is 9.97. The Bertz CT molecular complexity index is 107. The molecule has 0 atom stereocenters. The molecule has 2 N–H and O–H groups in total. The Morgan fingerprint density at radius 1 is 0.867 bits per heavy atom. The van der Waals surface area contributed by atoms with Gasteiger partial charge in [0.1, 0.15) is 0 Å². The third-order valence-electron chi connectivity index (χ3n) is 2.01. The van der Waals surface area contributed by atoms with Gasteiger partial charge in [0.25, 0.3) is 0 Å². The molecule has 2 saturated heterocycles. The molecule has 2 aliphatic heterocycles. The first kappa shape index (κ1) is 14.8. The van der Waals surface area contributed by atoms with Gasteiger partial charge in [0.15, 0.2) is 0 Å². The fourth-order valence-electron chi connectivity index (χ4n) is 0.339. The van der Waals surface area contributed by atoms with Crippen molar-refractivity contribution in [3.63, 3.8) is 0 Å². The van der Waals surface area contributed by atoms with Gasteiger partial charge in [0.05, 0.1) is 13.2 Å². The van der Waals surface area contributed by atoms with E-state index in [0.29, 0.717) is 0 Å². The summed E-state index contributed by atoms with van der Waals surface area (Å²) in [6.07, 6.45) is 2.56.